The summed E-state index contributed by atoms with van der Waals surface area (Å²) in [6.45, 7) is 2.05. The van der Waals surface area contributed by atoms with E-state index in [4.69, 9.17) is 14.2 Å². The van der Waals surface area contributed by atoms with E-state index in [9.17, 15) is 14.9 Å². The normalized spacial score (nSPS) is 10.7. The van der Waals surface area contributed by atoms with Gasteiger partial charge in [-0.15, -0.1) is 0 Å². The molecule has 0 spiro atoms. The van der Waals surface area contributed by atoms with Crippen molar-refractivity contribution in [2.75, 3.05) is 20.3 Å². The average Bonchev–Trinajstić information content (AvgIpc) is 2.75. The Kier molecular flexibility index (Phi) is 9.15. The van der Waals surface area contributed by atoms with E-state index in [2.05, 4.69) is 5.32 Å². The maximum absolute atomic E-state index is 12.4. The highest BCUT2D eigenvalue weighted by molar-refractivity contribution is 14.1. The van der Waals surface area contributed by atoms with Crippen molar-refractivity contribution in [3.63, 3.8) is 0 Å². The minimum absolute atomic E-state index is 0.0380. The van der Waals surface area contributed by atoms with Crippen LogP contribution in [0.2, 0.25) is 0 Å². The van der Waals surface area contributed by atoms with Crippen molar-refractivity contribution in [1.82, 2.24) is 5.32 Å². The maximum atomic E-state index is 12.4. The second-order valence-electron chi connectivity index (χ2n) is 5.97. The minimum atomic E-state index is -0.485. The Balaban J connectivity index is 2.17. The number of halogens is 1. The van der Waals surface area contributed by atoms with Gasteiger partial charge in [-0.3, -0.25) is 4.79 Å². The zero-order chi connectivity index (χ0) is 21.9. The number of amides is 1. The Morgan fingerprint density at radius 1 is 1.23 bits per heavy atom. The zero-order valence-corrected chi connectivity index (χ0v) is 18.8. The lowest BCUT2D eigenvalue weighted by molar-refractivity contribution is -0.145. The number of nitrogens with one attached hydrogen (secondary N) is 1. The van der Waals surface area contributed by atoms with Crippen LogP contribution in [0.15, 0.2) is 48.0 Å². The Labute approximate surface area is 188 Å². The first-order valence-electron chi connectivity index (χ1n) is 9.08. The van der Waals surface area contributed by atoms with Gasteiger partial charge in [-0.05, 0) is 58.9 Å². The van der Waals surface area contributed by atoms with Crippen molar-refractivity contribution >= 4 is 40.5 Å². The lowest BCUT2D eigenvalue weighted by Gasteiger charge is -2.13. The first-order valence-corrected chi connectivity index (χ1v) is 10.2. The van der Waals surface area contributed by atoms with Crippen molar-refractivity contribution in [2.24, 2.45) is 0 Å². The summed E-state index contributed by atoms with van der Waals surface area (Å²) in [6.07, 6.45) is 1.47. The highest BCUT2D eigenvalue weighted by Crippen LogP contribution is 2.34. The van der Waals surface area contributed by atoms with E-state index in [1.165, 1.54) is 13.2 Å². The van der Waals surface area contributed by atoms with Gasteiger partial charge in [0.05, 0.1) is 17.3 Å². The SMILES string of the molecule is CCOC(=O)COc1c(I)cc(/C=C(/C#N)C(=O)NCc2ccccc2)cc1OC. The number of methoxy groups -OCH3 is 1. The topological polar surface area (TPSA) is 97.7 Å². The van der Waals surface area contributed by atoms with Crippen LogP contribution >= 0.6 is 22.6 Å². The summed E-state index contributed by atoms with van der Waals surface area (Å²) in [5.41, 5.74) is 1.48. The first-order chi connectivity index (χ1) is 14.5. The van der Waals surface area contributed by atoms with Crippen LogP contribution in [0.5, 0.6) is 11.5 Å². The number of ether oxygens (including phenoxy) is 3. The Morgan fingerprint density at radius 2 is 1.97 bits per heavy atom. The number of carbonyl (C=O) groups is 2. The van der Waals surface area contributed by atoms with Crippen molar-refractivity contribution in [1.29, 1.82) is 5.26 Å². The van der Waals surface area contributed by atoms with E-state index in [0.717, 1.165) is 5.56 Å². The highest BCUT2D eigenvalue weighted by atomic mass is 127. The molecule has 0 saturated heterocycles. The highest BCUT2D eigenvalue weighted by Gasteiger charge is 2.15. The largest absolute Gasteiger partial charge is 0.493 e. The molecule has 8 heteroatoms. The standard InChI is InChI=1S/C22H21IN2O5/c1-3-29-20(26)14-30-21-18(23)10-16(11-19(21)28-2)9-17(12-24)22(27)25-13-15-7-5-4-6-8-15/h4-11H,3,13-14H2,1-2H3,(H,25,27)/b17-9-. The molecule has 0 bridgehead atoms. The number of nitriles is 1. The molecule has 0 heterocycles. The van der Waals surface area contributed by atoms with Gasteiger partial charge in [0.2, 0.25) is 0 Å². The molecule has 1 N–H and O–H groups in total. The number of esters is 1. The molecular weight excluding hydrogens is 499 g/mol. The molecule has 2 aromatic carbocycles. The smallest absolute Gasteiger partial charge is 0.344 e. The Hall–Kier alpha value is -3.06. The first kappa shape index (κ1) is 23.2. The van der Waals surface area contributed by atoms with Crippen molar-refractivity contribution in [2.45, 2.75) is 13.5 Å². The summed E-state index contributed by atoms with van der Waals surface area (Å²) in [5, 5.41) is 12.1. The van der Waals surface area contributed by atoms with E-state index in [1.807, 2.05) is 59.0 Å². The fourth-order valence-corrected chi connectivity index (χ4v) is 3.27. The predicted molar refractivity (Wildman–Crippen MR) is 120 cm³/mol. The molecule has 0 aliphatic rings. The van der Waals surface area contributed by atoms with Crippen LogP contribution in [0, 0.1) is 14.9 Å². The molecule has 0 atom stereocenters. The molecule has 0 aliphatic carbocycles. The second-order valence-corrected chi connectivity index (χ2v) is 7.13. The molecule has 0 radical (unpaired) electrons. The lowest BCUT2D eigenvalue weighted by Crippen LogP contribution is -2.23. The fraction of sp³-hybridized carbons (Fsp3) is 0.227. The van der Waals surface area contributed by atoms with Gasteiger partial charge in [0.15, 0.2) is 18.1 Å². The fourth-order valence-electron chi connectivity index (χ4n) is 2.49. The third-order valence-electron chi connectivity index (χ3n) is 3.86. The average molecular weight is 520 g/mol. The number of rotatable bonds is 9. The van der Waals surface area contributed by atoms with Gasteiger partial charge in [0, 0.05) is 6.54 Å². The summed E-state index contributed by atoms with van der Waals surface area (Å²) < 4.78 is 16.4. The van der Waals surface area contributed by atoms with Gasteiger partial charge in [-0.25, -0.2) is 4.79 Å². The molecule has 0 unspecified atom stereocenters. The van der Waals surface area contributed by atoms with Gasteiger partial charge < -0.3 is 19.5 Å². The number of hydrogen-bond donors (Lipinski definition) is 1. The van der Waals surface area contributed by atoms with Crippen molar-refractivity contribution in [3.05, 3.63) is 62.7 Å². The van der Waals surface area contributed by atoms with Gasteiger partial charge in [0.1, 0.15) is 11.6 Å². The second kappa shape index (κ2) is 11.8. The molecule has 0 fully saturated rings. The van der Waals surface area contributed by atoms with E-state index < -0.39 is 11.9 Å². The molecule has 2 rings (SSSR count). The number of carbonyl (C=O) groups excluding carboxylic acids is 2. The lowest BCUT2D eigenvalue weighted by atomic mass is 10.1. The quantitative estimate of drug-likeness (QED) is 0.236. The van der Waals surface area contributed by atoms with Gasteiger partial charge in [-0.2, -0.15) is 5.26 Å². The van der Waals surface area contributed by atoms with Crippen LogP contribution in [-0.2, 0) is 20.9 Å². The monoisotopic (exact) mass is 520 g/mol. The van der Waals surface area contributed by atoms with Gasteiger partial charge in [0.25, 0.3) is 5.91 Å². The summed E-state index contributed by atoms with van der Waals surface area (Å²) in [5.74, 6) is -0.200. The summed E-state index contributed by atoms with van der Waals surface area (Å²) in [6, 6.07) is 14.7. The van der Waals surface area contributed by atoms with Crippen LogP contribution in [0.25, 0.3) is 6.08 Å². The van der Waals surface area contributed by atoms with E-state index >= 15 is 0 Å². The summed E-state index contributed by atoms with van der Waals surface area (Å²) in [4.78, 5) is 23.9. The predicted octanol–water partition coefficient (Wildman–Crippen LogP) is 3.47. The molecule has 0 aliphatic heterocycles. The van der Waals surface area contributed by atoms with E-state index in [-0.39, 0.29) is 18.8 Å². The van der Waals surface area contributed by atoms with E-state index in [1.54, 1.807) is 19.1 Å². The van der Waals surface area contributed by atoms with E-state index in [0.29, 0.717) is 27.2 Å². The maximum Gasteiger partial charge on any atom is 0.344 e. The minimum Gasteiger partial charge on any atom is -0.493 e. The number of hydrogen-bond acceptors (Lipinski definition) is 6. The molecule has 7 nitrogen and oxygen atoms in total. The Bertz CT molecular complexity index is 967. The van der Waals surface area contributed by atoms with Crippen molar-refractivity contribution < 1.29 is 23.8 Å². The third kappa shape index (κ3) is 6.77. The molecule has 30 heavy (non-hydrogen) atoms. The molecule has 156 valence electrons. The van der Waals surface area contributed by atoms with Crippen LogP contribution in [0.1, 0.15) is 18.1 Å². The molecule has 0 saturated carbocycles. The zero-order valence-electron chi connectivity index (χ0n) is 16.6. The van der Waals surface area contributed by atoms with Crippen LogP contribution < -0.4 is 14.8 Å². The summed E-state index contributed by atoms with van der Waals surface area (Å²) in [7, 11) is 1.47. The molecule has 1 amide bonds. The number of benzene rings is 2. The molecular formula is C22H21IN2O5. The van der Waals surface area contributed by atoms with Crippen LogP contribution in [-0.4, -0.2) is 32.2 Å². The summed E-state index contributed by atoms with van der Waals surface area (Å²) >= 11 is 2.03. The van der Waals surface area contributed by atoms with Crippen LogP contribution in [0.3, 0.4) is 0 Å². The van der Waals surface area contributed by atoms with Gasteiger partial charge >= 0.3 is 5.97 Å². The third-order valence-corrected chi connectivity index (χ3v) is 4.66. The molecule has 2 aromatic rings. The Morgan fingerprint density at radius 3 is 2.60 bits per heavy atom. The van der Waals surface area contributed by atoms with Crippen molar-refractivity contribution in [3.8, 4) is 17.6 Å². The van der Waals surface area contributed by atoms with Crippen LogP contribution in [0.4, 0.5) is 0 Å². The van der Waals surface area contributed by atoms with Gasteiger partial charge in [-0.1, -0.05) is 30.3 Å². The molecule has 0 aromatic heterocycles. The number of nitrogens with zero attached hydrogens (tertiary/aromatic N) is 1.